The monoisotopic (exact) mass is 251 g/mol. The minimum Gasteiger partial charge on any atom is -0.398 e. The molecule has 0 saturated carbocycles. The van der Waals surface area contributed by atoms with Crippen LogP contribution < -0.4 is 5.59 Å². The van der Waals surface area contributed by atoms with E-state index in [4.69, 9.17) is 9.31 Å². The first-order valence-electron chi connectivity index (χ1n) is 6.28. The summed E-state index contributed by atoms with van der Waals surface area (Å²) in [4.78, 5) is 3.94. The molecular weight excluding hydrogens is 232 g/mol. The first-order chi connectivity index (χ1) is 8.27. The number of hydrogen-bond acceptors (Lipinski definition) is 3. The van der Waals surface area contributed by atoms with Crippen molar-refractivity contribution in [1.29, 1.82) is 0 Å². The quantitative estimate of drug-likeness (QED) is 0.595. The Bertz CT molecular complexity index is 446. The molecular formula is C13H19BFNO2. The Morgan fingerprint density at radius 2 is 1.72 bits per heavy atom. The fourth-order valence-electron chi connectivity index (χ4n) is 1.84. The van der Waals surface area contributed by atoms with Crippen molar-refractivity contribution in [2.24, 2.45) is 0 Å². The van der Waals surface area contributed by atoms with Gasteiger partial charge in [-0.25, -0.2) is 4.98 Å². The standard InChI is InChI=1S/C13H19BFNO2/c1-6-9-7-8-10(16-11(9)15)14-17-12(2,3)13(4,5)18-14/h7-8H,6H2,1-5H3. The minimum atomic E-state index is -0.601. The summed E-state index contributed by atoms with van der Waals surface area (Å²) in [5.41, 5.74) is 0.233. The first-order valence-corrected chi connectivity index (χ1v) is 6.28. The van der Waals surface area contributed by atoms with Gasteiger partial charge >= 0.3 is 7.12 Å². The van der Waals surface area contributed by atoms with Gasteiger partial charge in [-0.2, -0.15) is 4.39 Å². The lowest BCUT2D eigenvalue weighted by Crippen LogP contribution is -2.41. The van der Waals surface area contributed by atoms with Gasteiger partial charge in [0.1, 0.15) is 0 Å². The van der Waals surface area contributed by atoms with E-state index in [0.717, 1.165) is 0 Å². The van der Waals surface area contributed by atoms with Gasteiger partial charge in [0.2, 0.25) is 5.95 Å². The zero-order chi connectivity index (χ0) is 13.6. The van der Waals surface area contributed by atoms with Crippen LogP contribution in [0.1, 0.15) is 40.2 Å². The summed E-state index contributed by atoms with van der Waals surface area (Å²) in [6.07, 6.45) is 0.627. The molecule has 1 aromatic heterocycles. The van der Waals surface area contributed by atoms with Crippen molar-refractivity contribution in [3.8, 4) is 0 Å². The molecule has 0 bridgehead atoms. The molecule has 98 valence electrons. The van der Waals surface area contributed by atoms with Gasteiger partial charge in [-0.3, -0.25) is 0 Å². The summed E-state index contributed by atoms with van der Waals surface area (Å²) in [6, 6.07) is 3.51. The highest BCUT2D eigenvalue weighted by Gasteiger charge is 2.52. The molecule has 0 amide bonds. The lowest BCUT2D eigenvalue weighted by atomic mass is 9.84. The van der Waals surface area contributed by atoms with Crippen LogP contribution >= 0.6 is 0 Å². The largest absolute Gasteiger partial charge is 0.514 e. The molecule has 1 aliphatic heterocycles. The highest BCUT2D eigenvalue weighted by atomic mass is 19.1. The van der Waals surface area contributed by atoms with E-state index >= 15 is 0 Å². The lowest BCUT2D eigenvalue weighted by molar-refractivity contribution is 0.00578. The van der Waals surface area contributed by atoms with Crippen molar-refractivity contribution < 1.29 is 13.7 Å². The third kappa shape index (κ3) is 2.17. The molecule has 1 fully saturated rings. The summed E-state index contributed by atoms with van der Waals surface area (Å²) in [5.74, 6) is -0.440. The van der Waals surface area contributed by atoms with E-state index < -0.39 is 24.3 Å². The zero-order valence-electron chi connectivity index (χ0n) is 11.6. The zero-order valence-corrected chi connectivity index (χ0v) is 11.6. The molecule has 0 radical (unpaired) electrons. The van der Waals surface area contributed by atoms with E-state index in [2.05, 4.69) is 4.98 Å². The number of aryl methyl sites for hydroxylation is 1. The van der Waals surface area contributed by atoms with Gasteiger partial charge in [0.25, 0.3) is 0 Å². The molecule has 2 rings (SSSR count). The molecule has 3 nitrogen and oxygen atoms in total. The predicted octanol–water partition coefficient (Wildman–Crippen LogP) is 2.08. The van der Waals surface area contributed by atoms with Crippen molar-refractivity contribution in [1.82, 2.24) is 4.98 Å². The highest BCUT2D eigenvalue weighted by molar-refractivity contribution is 6.61. The van der Waals surface area contributed by atoms with Gasteiger partial charge in [0.05, 0.1) is 16.8 Å². The van der Waals surface area contributed by atoms with E-state index in [0.29, 0.717) is 17.6 Å². The van der Waals surface area contributed by atoms with Gasteiger partial charge < -0.3 is 9.31 Å². The average molecular weight is 251 g/mol. The highest BCUT2D eigenvalue weighted by Crippen LogP contribution is 2.36. The molecule has 0 N–H and O–H groups in total. The Morgan fingerprint density at radius 3 is 2.17 bits per heavy atom. The van der Waals surface area contributed by atoms with Crippen LogP contribution in [0.25, 0.3) is 0 Å². The van der Waals surface area contributed by atoms with Gasteiger partial charge in [-0.1, -0.05) is 13.0 Å². The first kappa shape index (κ1) is 13.5. The van der Waals surface area contributed by atoms with E-state index in [9.17, 15) is 4.39 Å². The van der Waals surface area contributed by atoms with Crippen molar-refractivity contribution in [2.45, 2.75) is 52.2 Å². The van der Waals surface area contributed by atoms with Crippen LogP contribution in [-0.2, 0) is 15.7 Å². The van der Waals surface area contributed by atoms with Crippen molar-refractivity contribution in [2.75, 3.05) is 0 Å². The molecule has 5 heteroatoms. The Labute approximate surface area is 108 Å². The molecule has 0 unspecified atom stereocenters. The topological polar surface area (TPSA) is 31.4 Å². The summed E-state index contributed by atoms with van der Waals surface area (Å²) in [6.45, 7) is 9.75. The van der Waals surface area contributed by atoms with Crippen molar-refractivity contribution >= 4 is 12.7 Å². The van der Waals surface area contributed by atoms with Crippen molar-refractivity contribution in [3.05, 3.63) is 23.6 Å². The van der Waals surface area contributed by atoms with Crippen LogP contribution in [0.3, 0.4) is 0 Å². The second-order valence-electron chi connectivity index (χ2n) is 5.63. The normalized spacial score (nSPS) is 21.3. The van der Waals surface area contributed by atoms with Crippen LogP contribution in [-0.4, -0.2) is 23.3 Å². The Morgan fingerprint density at radius 1 is 1.17 bits per heavy atom. The van der Waals surface area contributed by atoms with Gasteiger partial charge in [-0.05, 0) is 40.2 Å². The van der Waals surface area contributed by atoms with Crippen LogP contribution in [0.15, 0.2) is 12.1 Å². The maximum Gasteiger partial charge on any atom is 0.514 e. The number of halogens is 1. The Kier molecular flexibility index (Phi) is 3.24. The van der Waals surface area contributed by atoms with Gasteiger partial charge in [-0.15, -0.1) is 0 Å². The Hall–Kier alpha value is -0.935. The summed E-state index contributed by atoms with van der Waals surface area (Å²) in [5, 5.41) is 0. The van der Waals surface area contributed by atoms with Crippen molar-refractivity contribution in [3.63, 3.8) is 0 Å². The smallest absolute Gasteiger partial charge is 0.398 e. The molecule has 1 saturated heterocycles. The number of hydrogen-bond donors (Lipinski definition) is 0. The SMILES string of the molecule is CCc1ccc(B2OC(C)(C)C(C)(C)O2)nc1F. The predicted molar refractivity (Wildman–Crippen MR) is 69.3 cm³/mol. The summed E-state index contributed by atoms with van der Waals surface area (Å²) < 4.78 is 25.3. The third-order valence-corrected chi connectivity index (χ3v) is 3.82. The molecule has 1 aromatic rings. The second-order valence-corrected chi connectivity index (χ2v) is 5.63. The maximum atomic E-state index is 13.7. The fourth-order valence-corrected chi connectivity index (χ4v) is 1.84. The third-order valence-electron chi connectivity index (χ3n) is 3.82. The molecule has 0 spiro atoms. The van der Waals surface area contributed by atoms with Crippen LogP contribution in [0.5, 0.6) is 0 Å². The van der Waals surface area contributed by atoms with Gasteiger partial charge in [0.15, 0.2) is 0 Å². The van der Waals surface area contributed by atoms with E-state index in [-0.39, 0.29) is 0 Å². The molecule has 1 aliphatic rings. The lowest BCUT2D eigenvalue weighted by Gasteiger charge is -2.32. The van der Waals surface area contributed by atoms with E-state index in [1.54, 1.807) is 12.1 Å². The van der Waals surface area contributed by atoms with Gasteiger partial charge in [0, 0.05) is 5.56 Å². The number of nitrogens with zero attached hydrogens (tertiary/aromatic N) is 1. The average Bonchev–Trinajstić information content (AvgIpc) is 2.48. The van der Waals surface area contributed by atoms with Crippen LogP contribution in [0.2, 0.25) is 0 Å². The number of pyridine rings is 1. The minimum absolute atomic E-state index is 0.431. The number of aromatic nitrogens is 1. The molecule has 0 aromatic carbocycles. The second kappa shape index (κ2) is 4.32. The maximum absolute atomic E-state index is 13.7. The van der Waals surface area contributed by atoms with Crippen LogP contribution in [0.4, 0.5) is 4.39 Å². The van der Waals surface area contributed by atoms with Crippen LogP contribution in [0, 0.1) is 5.95 Å². The van der Waals surface area contributed by atoms with E-state index in [1.807, 2.05) is 34.6 Å². The van der Waals surface area contributed by atoms with E-state index in [1.165, 1.54) is 0 Å². The number of rotatable bonds is 2. The molecule has 18 heavy (non-hydrogen) atoms. The summed E-state index contributed by atoms with van der Waals surface area (Å²) in [7, 11) is -0.601. The molecule has 0 atom stereocenters. The fraction of sp³-hybridized carbons (Fsp3) is 0.615. The molecule has 0 aliphatic carbocycles. The molecule has 2 heterocycles. The summed E-state index contributed by atoms with van der Waals surface area (Å²) >= 11 is 0. The Balaban J connectivity index is 2.27.